The zero-order valence-electron chi connectivity index (χ0n) is 37.3. The van der Waals surface area contributed by atoms with Gasteiger partial charge in [0.05, 0.1) is 22.1 Å². The molecular weight excluding hydrogens is 821 g/mol. The molecule has 13 aromatic rings. The molecule has 0 amide bonds. The van der Waals surface area contributed by atoms with Gasteiger partial charge < -0.3 is 9.13 Å². The summed E-state index contributed by atoms with van der Waals surface area (Å²) in [5, 5.41) is 4.89. The van der Waals surface area contributed by atoms with Crippen LogP contribution in [0.3, 0.4) is 0 Å². The van der Waals surface area contributed by atoms with Crippen LogP contribution in [-0.2, 0) is 0 Å². The second kappa shape index (κ2) is 16.5. The highest BCUT2D eigenvalue weighted by Crippen LogP contribution is 2.54. The summed E-state index contributed by atoms with van der Waals surface area (Å²) in [4.78, 5) is 0. The summed E-state index contributed by atoms with van der Waals surface area (Å²) in [7, 11) is 0. The normalized spacial score (nSPS) is 11.5. The second-order valence-electron chi connectivity index (χ2n) is 17.6. The Morgan fingerprint density at radius 1 is 0.206 bits per heavy atom. The van der Waals surface area contributed by atoms with E-state index in [1.165, 1.54) is 105 Å². The third kappa shape index (κ3) is 6.49. The SMILES string of the molecule is c1ccc(-c2ccc(-n3c4ccccc4c4cc(-c5ccc6c(c5)c5c(-c7ccccc7)c(-c7ccccc7)c(-c7ccccc7)c(-c7ccccc7)c5n6-c5ccccc5)ccc43)cc2)cc1. The fourth-order valence-corrected chi connectivity index (χ4v) is 10.7. The fraction of sp³-hybridized carbons (Fsp3) is 0. The van der Waals surface area contributed by atoms with Crippen LogP contribution in [0.2, 0.25) is 0 Å². The Labute approximate surface area is 395 Å². The third-order valence-corrected chi connectivity index (χ3v) is 13.7. The Morgan fingerprint density at radius 3 is 1.13 bits per heavy atom. The smallest absolute Gasteiger partial charge is 0.0632 e. The first-order valence-electron chi connectivity index (χ1n) is 23.4. The van der Waals surface area contributed by atoms with E-state index in [9.17, 15) is 0 Å². The molecule has 0 saturated heterocycles. The summed E-state index contributed by atoms with van der Waals surface area (Å²) in [5.74, 6) is 0. The highest BCUT2D eigenvalue weighted by atomic mass is 15.0. The van der Waals surface area contributed by atoms with Gasteiger partial charge in [-0.3, -0.25) is 0 Å². The highest BCUT2D eigenvalue weighted by Gasteiger charge is 2.29. The molecule has 0 bridgehead atoms. The van der Waals surface area contributed by atoms with Gasteiger partial charge in [-0.25, -0.2) is 0 Å². The Balaban J connectivity index is 1.13. The highest BCUT2D eigenvalue weighted by molar-refractivity contribution is 6.27. The van der Waals surface area contributed by atoms with Crippen molar-refractivity contribution in [2.45, 2.75) is 0 Å². The van der Waals surface area contributed by atoms with Crippen molar-refractivity contribution in [1.29, 1.82) is 0 Å². The lowest BCUT2D eigenvalue weighted by Gasteiger charge is -2.24. The van der Waals surface area contributed by atoms with E-state index < -0.39 is 0 Å². The zero-order chi connectivity index (χ0) is 45.0. The maximum absolute atomic E-state index is 2.52. The predicted octanol–water partition coefficient (Wildman–Crippen LogP) is 17.9. The number of aromatic nitrogens is 2. The topological polar surface area (TPSA) is 9.86 Å². The van der Waals surface area contributed by atoms with Gasteiger partial charge >= 0.3 is 0 Å². The molecule has 0 fully saturated rings. The van der Waals surface area contributed by atoms with E-state index in [4.69, 9.17) is 0 Å². The van der Waals surface area contributed by atoms with Crippen molar-refractivity contribution in [3.63, 3.8) is 0 Å². The summed E-state index contributed by atoms with van der Waals surface area (Å²) in [6, 6.07) is 97.5. The number of hydrogen-bond donors (Lipinski definition) is 0. The van der Waals surface area contributed by atoms with E-state index in [1.54, 1.807) is 0 Å². The van der Waals surface area contributed by atoms with Crippen molar-refractivity contribution < 1.29 is 0 Å². The van der Waals surface area contributed by atoms with Gasteiger partial charge in [-0.15, -0.1) is 0 Å². The number of fused-ring (bicyclic) bond motifs is 6. The van der Waals surface area contributed by atoms with Crippen LogP contribution in [0.1, 0.15) is 0 Å². The first-order valence-corrected chi connectivity index (χ1v) is 23.4. The lowest BCUT2D eigenvalue weighted by molar-refractivity contribution is 1.18. The molecule has 0 aliphatic rings. The minimum absolute atomic E-state index is 1.12. The minimum Gasteiger partial charge on any atom is -0.309 e. The standard InChI is InChI=1S/C66H44N2/c1-7-21-45(22-8-1)46-35-39-54(40-36-46)67-58-34-20-19-33-55(58)56-43-51(37-41-59(56)67)52-38-42-60-57(44-52)65-63(49-27-13-4-14-28-49)61(47-23-9-2-10-24-47)62(48-25-11-3-12-26-48)64(50-29-15-5-16-30-50)66(65)68(60)53-31-17-6-18-32-53/h1-44H. The van der Waals surface area contributed by atoms with Crippen LogP contribution < -0.4 is 0 Å². The van der Waals surface area contributed by atoms with Gasteiger partial charge in [-0.05, 0) is 105 Å². The number of rotatable bonds is 8. The van der Waals surface area contributed by atoms with E-state index in [0.29, 0.717) is 0 Å². The molecule has 2 aromatic heterocycles. The first-order chi connectivity index (χ1) is 33.8. The summed E-state index contributed by atoms with van der Waals surface area (Å²) in [6.07, 6.45) is 0. The molecular formula is C66H44N2. The van der Waals surface area contributed by atoms with Gasteiger partial charge in [0.2, 0.25) is 0 Å². The predicted molar refractivity (Wildman–Crippen MR) is 288 cm³/mol. The molecule has 0 radical (unpaired) electrons. The van der Waals surface area contributed by atoms with Crippen molar-refractivity contribution in [3.8, 4) is 78.1 Å². The summed E-state index contributed by atoms with van der Waals surface area (Å²) < 4.78 is 4.93. The number of benzene rings is 11. The van der Waals surface area contributed by atoms with Gasteiger partial charge in [0.1, 0.15) is 0 Å². The van der Waals surface area contributed by atoms with E-state index in [-0.39, 0.29) is 0 Å². The van der Waals surface area contributed by atoms with Gasteiger partial charge in [0, 0.05) is 49.6 Å². The van der Waals surface area contributed by atoms with Crippen LogP contribution in [0.15, 0.2) is 267 Å². The molecule has 0 aliphatic carbocycles. The molecule has 0 aliphatic heterocycles. The molecule has 0 saturated carbocycles. The monoisotopic (exact) mass is 864 g/mol. The average molecular weight is 865 g/mol. The maximum atomic E-state index is 2.52. The third-order valence-electron chi connectivity index (χ3n) is 13.7. The van der Waals surface area contributed by atoms with Crippen LogP contribution >= 0.6 is 0 Å². The van der Waals surface area contributed by atoms with Gasteiger partial charge in [-0.1, -0.05) is 212 Å². The maximum Gasteiger partial charge on any atom is 0.0632 e. The fourth-order valence-electron chi connectivity index (χ4n) is 10.7. The molecule has 2 nitrogen and oxygen atoms in total. The van der Waals surface area contributed by atoms with Crippen LogP contribution in [-0.4, -0.2) is 9.13 Å². The van der Waals surface area contributed by atoms with Crippen molar-refractivity contribution in [2.24, 2.45) is 0 Å². The Bertz CT molecular complexity index is 3950. The van der Waals surface area contributed by atoms with Gasteiger partial charge in [-0.2, -0.15) is 0 Å². The molecule has 13 rings (SSSR count). The van der Waals surface area contributed by atoms with E-state index >= 15 is 0 Å². The molecule has 11 aromatic carbocycles. The van der Waals surface area contributed by atoms with Crippen molar-refractivity contribution >= 4 is 43.6 Å². The average Bonchev–Trinajstić information content (AvgIpc) is 3.94. The van der Waals surface area contributed by atoms with Gasteiger partial charge in [0.25, 0.3) is 0 Å². The minimum atomic E-state index is 1.12. The summed E-state index contributed by atoms with van der Waals surface area (Å²) >= 11 is 0. The Morgan fingerprint density at radius 2 is 0.574 bits per heavy atom. The van der Waals surface area contributed by atoms with E-state index in [2.05, 4.69) is 276 Å². The molecule has 0 N–H and O–H groups in total. The Kier molecular flexibility index (Phi) is 9.54. The van der Waals surface area contributed by atoms with E-state index in [1.807, 2.05) is 0 Å². The second-order valence-corrected chi connectivity index (χ2v) is 17.6. The zero-order valence-corrected chi connectivity index (χ0v) is 37.3. The first kappa shape index (κ1) is 39.4. The molecule has 0 spiro atoms. The number of nitrogens with zero attached hydrogens (tertiary/aromatic N) is 2. The van der Waals surface area contributed by atoms with Crippen LogP contribution in [0.25, 0.3) is 122 Å². The largest absolute Gasteiger partial charge is 0.309 e. The lowest BCUT2D eigenvalue weighted by atomic mass is 9.80. The summed E-state index contributed by atoms with van der Waals surface area (Å²) in [5.41, 5.74) is 21.3. The molecule has 0 unspecified atom stereocenters. The van der Waals surface area contributed by atoms with Crippen molar-refractivity contribution in [3.05, 3.63) is 267 Å². The lowest BCUT2D eigenvalue weighted by Crippen LogP contribution is -2.00. The molecule has 0 atom stereocenters. The molecule has 318 valence electrons. The van der Waals surface area contributed by atoms with E-state index in [0.717, 1.165) is 16.9 Å². The van der Waals surface area contributed by atoms with Crippen molar-refractivity contribution in [1.82, 2.24) is 9.13 Å². The molecule has 68 heavy (non-hydrogen) atoms. The molecule has 2 heterocycles. The van der Waals surface area contributed by atoms with Crippen LogP contribution in [0.4, 0.5) is 0 Å². The molecule has 2 heteroatoms. The van der Waals surface area contributed by atoms with Gasteiger partial charge in [0.15, 0.2) is 0 Å². The summed E-state index contributed by atoms with van der Waals surface area (Å²) in [6.45, 7) is 0. The van der Waals surface area contributed by atoms with Crippen LogP contribution in [0, 0.1) is 0 Å². The number of hydrogen-bond acceptors (Lipinski definition) is 0. The van der Waals surface area contributed by atoms with Crippen LogP contribution in [0.5, 0.6) is 0 Å². The Hall–Kier alpha value is -8.98. The quantitative estimate of drug-likeness (QED) is 0.144. The van der Waals surface area contributed by atoms with Crippen molar-refractivity contribution in [2.75, 3.05) is 0 Å². The number of para-hydroxylation sites is 2.